The molecule has 0 aliphatic rings. The normalized spacial score (nSPS) is 11.8. The molecule has 1 aromatic rings. The summed E-state index contributed by atoms with van der Waals surface area (Å²) in [5, 5.41) is 0.243. The molecule has 0 amide bonds. The summed E-state index contributed by atoms with van der Waals surface area (Å²) in [5.74, 6) is 0. The second-order valence-corrected chi connectivity index (χ2v) is 5.82. The summed E-state index contributed by atoms with van der Waals surface area (Å²) in [6.07, 6.45) is 1.88. The average Bonchev–Trinajstić information content (AvgIpc) is 2.60. The van der Waals surface area contributed by atoms with Crippen LogP contribution in [0.25, 0.3) is 0 Å². The predicted molar refractivity (Wildman–Crippen MR) is 58.2 cm³/mol. The monoisotopic (exact) mass is 251 g/mol. The number of methoxy groups -OCH3 is 1. The van der Waals surface area contributed by atoms with Crippen molar-refractivity contribution in [3.05, 3.63) is 6.20 Å². The Morgan fingerprint density at radius 2 is 2.40 bits per heavy atom. The van der Waals surface area contributed by atoms with Crippen molar-refractivity contribution < 1.29 is 13.2 Å². The molecule has 0 spiro atoms. The number of nitrogens with zero attached hydrogens (tertiary/aromatic N) is 1. The highest BCUT2D eigenvalue weighted by molar-refractivity contribution is 7.91. The van der Waals surface area contributed by atoms with Gasteiger partial charge in [-0.1, -0.05) is 11.3 Å². The Morgan fingerprint density at radius 1 is 1.67 bits per heavy atom. The second kappa shape index (κ2) is 5.40. The number of nitrogen functional groups attached to an aromatic ring is 1. The van der Waals surface area contributed by atoms with Crippen LogP contribution >= 0.6 is 11.3 Å². The van der Waals surface area contributed by atoms with Crippen molar-refractivity contribution >= 4 is 26.5 Å². The zero-order valence-electron chi connectivity index (χ0n) is 8.26. The highest BCUT2D eigenvalue weighted by Crippen LogP contribution is 2.19. The number of rotatable bonds is 6. The summed E-state index contributed by atoms with van der Waals surface area (Å²) in [5.41, 5.74) is 5.35. The quantitative estimate of drug-likeness (QED) is 0.696. The van der Waals surface area contributed by atoms with Gasteiger partial charge in [-0.15, -0.1) is 0 Å². The van der Waals surface area contributed by atoms with E-state index < -0.39 is 10.0 Å². The summed E-state index contributed by atoms with van der Waals surface area (Å²) in [6, 6.07) is 0. The first-order valence-electron chi connectivity index (χ1n) is 4.26. The van der Waals surface area contributed by atoms with E-state index in [-0.39, 0.29) is 9.34 Å². The summed E-state index contributed by atoms with van der Waals surface area (Å²) in [6.45, 7) is 0.862. The lowest BCUT2D eigenvalue weighted by Crippen LogP contribution is -2.24. The third kappa shape index (κ3) is 3.74. The van der Waals surface area contributed by atoms with Crippen molar-refractivity contribution in [2.75, 3.05) is 26.0 Å². The van der Waals surface area contributed by atoms with Gasteiger partial charge in [-0.2, -0.15) is 0 Å². The van der Waals surface area contributed by atoms with Gasteiger partial charge in [0.2, 0.25) is 0 Å². The number of hydrogen-bond donors (Lipinski definition) is 2. The molecule has 1 aromatic heterocycles. The third-order valence-corrected chi connectivity index (χ3v) is 4.33. The van der Waals surface area contributed by atoms with E-state index in [1.807, 2.05) is 0 Å². The topological polar surface area (TPSA) is 94.3 Å². The van der Waals surface area contributed by atoms with E-state index in [0.29, 0.717) is 19.6 Å². The van der Waals surface area contributed by atoms with E-state index in [2.05, 4.69) is 9.71 Å². The molecule has 8 heteroatoms. The molecular weight excluding hydrogens is 238 g/mol. The minimum atomic E-state index is -3.45. The predicted octanol–water partition coefficient (Wildman–Crippen LogP) is 0.0401. The first-order chi connectivity index (χ1) is 7.06. The molecular formula is C7H13N3O3S2. The summed E-state index contributed by atoms with van der Waals surface area (Å²) in [7, 11) is -1.88. The molecule has 1 rings (SSSR count). The van der Waals surface area contributed by atoms with Crippen LogP contribution in [0.1, 0.15) is 6.42 Å². The first kappa shape index (κ1) is 12.4. The van der Waals surface area contributed by atoms with Crippen LogP contribution in [0.5, 0.6) is 0 Å². The van der Waals surface area contributed by atoms with Crippen LogP contribution in [0.4, 0.5) is 5.13 Å². The fraction of sp³-hybridized carbons (Fsp3) is 0.571. The molecule has 0 saturated heterocycles. The average molecular weight is 251 g/mol. The second-order valence-electron chi connectivity index (χ2n) is 2.76. The fourth-order valence-corrected chi connectivity index (χ4v) is 2.93. The number of ether oxygens (including phenoxy) is 1. The van der Waals surface area contributed by atoms with Crippen molar-refractivity contribution in [3.63, 3.8) is 0 Å². The van der Waals surface area contributed by atoms with Gasteiger partial charge in [-0.25, -0.2) is 18.1 Å². The molecule has 0 aliphatic heterocycles. The highest BCUT2D eigenvalue weighted by atomic mass is 32.2. The van der Waals surface area contributed by atoms with Crippen LogP contribution in [0.3, 0.4) is 0 Å². The Kier molecular flexibility index (Phi) is 4.45. The lowest BCUT2D eigenvalue weighted by molar-refractivity contribution is 0.196. The number of sulfonamides is 1. The zero-order valence-corrected chi connectivity index (χ0v) is 9.90. The molecule has 0 aromatic carbocycles. The van der Waals surface area contributed by atoms with Crippen LogP contribution in [0, 0.1) is 0 Å². The largest absolute Gasteiger partial charge is 0.385 e. The van der Waals surface area contributed by atoms with Gasteiger partial charge in [0.15, 0.2) is 9.34 Å². The molecule has 3 N–H and O–H groups in total. The SMILES string of the molecule is COCCCNS(=O)(=O)c1cnc(N)s1. The molecule has 6 nitrogen and oxygen atoms in total. The molecule has 1 heterocycles. The van der Waals surface area contributed by atoms with Crippen LogP contribution < -0.4 is 10.5 Å². The first-order valence-corrected chi connectivity index (χ1v) is 6.56. The summed E-state index contributed by atoms with van der Waals surface area (Å²) < 4.78 is 30.5. The maximum atomic E-state index is 11.6. The van der Waals surface area contributed by atoms with Crippen molar-refractivity contribution in [1.29, 1.82) is 0 Å². The standard InChI is InChI=1S/C7H13N3O3S2/c1-13-4-2-3-10-15(11,12)6-5-9-7(8)14-6/h5,10H,2-4H2,1H3,(H2,8,9). The minimum Gasteiger partial charge on any atom is -0.385 e. The smallest absolute Gasteiger partial charge is 0.251 e. The maximum Gasteiger partial charge on any atom is 0.251 e. The lowest BCUT2D eigenvalue weighted by Gasteiger charge is -2.03. The summed E-state index contributed by atoms with van der Waals surface area (Å²) >= 11 is 0.943. The van der Waals surface area contributed by atoms with Crippen LogP contribution in [-0.4, -0.2) is 33.7 Å². The molecule has 86 valence electrons. The van der Waals surface area contributed by atoms with Crippen LogP contribution in [-0.2, 0) is 14.8 Å². The lowest BCUT2D eigenvalue weighted by atomic mass is 10.5. The molecule has 0 radical (unpaired) electrons. The Morgan fingerprint density at radius 3 is 2.93 bits per heavy atom. The van der Waals surface area contributed by atoms with Crippen molar-refractivity contribution in [2.45, 2.75) is 10.6 Å². The number of anilines is 1. The van der Waals surface area contributed by atoms with E-state index >= 15 is 0 Å². The van der Waals surface area contributed by atoms with E-state index in [1.54, 1.807) is 7.11 Å². The van der Waals surface area contributed by atoms with Gasteiger partial charge in [-0.3, -0.25) is 0 Å². The van der Waals surface area contributed by atoms with Crippen molar-refractivity contribution in [2.24, 2.45) is 0 Å². The van der Waals surface area contributed by atoms with Crippen LogP contribution in [0.2, 0.25) is 0 Å². The Bertz CT molecular complexity index is 401. The van der Waals surface area contributed by atoms with Gasteiger partial charge in [-0.05, 0) is 6.42 Å². The number of aromatic nitrogens is 1. The fourth-order valence-electron chi connectivity index (χ4n) is 0.891. The van der Waals surface area contributed by atoms with Gasteiger partial charge < -0.3 is 10.5 Å². The zero-order chi connectivity index (χ0) is 11.3. The number of thiazole rings is 1. The van der Waals surface area contributed by atoms with E-state index in [0.717, 1.165) is 11.3 Å². The molecule has 15 heavy (non-hydrogen) atoms. The Labute approximate surface area is 92.5 Å². The van der Waals surface area contributed by atoms with Gasteiger partial charge in [0, 0.05) is 20.3 Å². The Hall–Kier alpha value is -0.700. The van der Waals surface area contributed by atoms with Gasteiger partial charge in [0.25, 0.3) is 10.0 Å². The van der Waals surface area contributed by atoms with Gasteiger partial charge in [0.1, 0.15) is 0 Å². The summed E-state index contributed by atoms with van der Waals surface area (Å²) in [4.78, 5) is 3.68. The van der Waals surface area contributed by atoms with Gasteiger partial charge >= 0.3 is 0 Å². The highest BCUT2D eigenvalue weighted by Gasteiger charge is 2.16. The Balaban J connectivity index is 2.53. The number of nitrogens with two attached hydrogens (primary N) is 1. The van der Waals surface area contributed by atoms with E-state index in [4.69, 9.17) is 10.5 Å². The third-order valence-electron chi connectivity index (χ3n) is 1.58. The molecule has 0 atom stereocenters. The van der Waals surface area contributed by atoms with E-state index in [1.165, 1.54) is 6.20 Å². The molecule has 0 saturated carbocycles. The maximum absolute atomic E-state index is 11.6. The molecule has 0 aliphatic carbocycles. The molecule has 0 bridgehead atoms. The minimum absolute atomic E-state index is 0.136. The van der Waals surface area contributed by atoms with Crippen LogP contribution in [0.15, 0.2) is 10.4 Å². The van der Waals surface area contributed by atoms with Crippen molar-refractivity contribution in [1.82, 2.24) is 9.71 Å². The molecule has 0 fully saturated rings. The number of nitrogens with one attached hydrogen (secondary N) is 1. The van der Waals surface area contributed by atoms with Gasteiger partial charge in [0.05, 0.1) is 6.20 Å². The number of hydrogen-bond acceptors (Lipinski definition) is 6. The van der Waals surface area contributed by atoms with Crippen molar-refractivity contribution in [3.8, 4) is 0 Å². The van der Waals surface area contributed by atoms with E-state index in [9.17, 15) is 8.42 Å². The molecule has 0 unspecified atom stereocenters.